The SMILES string of the molecule is CCC(NC(=O)OC(C)(C)C)c1cc(C)nc2c(F)cc(B3OC(C)(C)C(C)(C)O3)cc12. The van der Waals surface area contributed by atoms with Gasteiger partial charge in [-0.3, -0.25) is 4.98 Å². The summed E-state index contributed by atoms with van der Waals surface area (Å²) in [6.45, 7) is 17.0. The lowest BCUT2D eigenvalue weighted by Gasteiger charge is -2.32. The first-order valence-electron chi connectivity index (χ1n) is 11.1. The number of fused-ring (bicyclic) bond motifs is 1. The van der Waals surface area contributed by atoms with Gasteiger partial charge in [-0.05, 0) is 85.0 Å². The zero-order valence-electron chi connectivity index (χ0n) is 20.6. The van der Waals surface area contributed by atoms with Crippen LogP contribution in [-0.2, 0) is 14.0 Å². The Morgan fingerprint density at radius 2 is 1.78 bits per heavy atom. The van der Waals surface area contributed by atoms with Crippen LogP contribution in [0.3, 0.4) is 0 Å². The third-order valence-electron chi connectivity index (χ3n) is 6.05. The van der Waals surface area contributed by atoms with E-state index in [1.54, 1.807) is 0 Å². The maximum atomic E-state index is 15.2. The van der Waals surface area contributed by atoms with Crippen molar-refractivity contribution in [2.75, 3.05) is 0 Å². The normalized spacial score (nSPS) is 18.6. The first kappa shape index (κ1) is 24.5. The molecule has 0 spiro atoms. The number of carbonyl (C=O) groups excluding carboxylic acids is 1. The molecule has 8 heteroatoms. The summed E-state index contributed by atoms with van der Waals surface area (Å²) >= 11 is 0. The van der Waals surface area contributed by atoms with Gasteiger partial charge < -0.3 is 19.4 Å². The summed E-state index contributed by atoms with van der Waals surface area (Å²) in [6.07, 6.45) is 0.0784. The molecule has 2 aromatic rings. The Hall–Kier alpha value is -2.19. The molecule has 0 bridgehead atoms. The number of aromatic nitrogens is 1. The number of hydrogen-bond acceptors (Lipinski definition) is 5. The van der Waals surface area contributed by atoms with Gasteiger partial charge in [0.05, 0.1) is 17.2 Å². The van der Waals surface area contributed by atoms with E-state index >= 15 is 4.39 Å². The number of halogens is 1. The lowest BCUT2D eigenvalue weighted by Crippen LogP contribution is -2.41. The molecule has 2 heterocycles. The van der Waals surface area contributed by atoms with Crippen LogP contribution >= 0.6 is 0 Å². The summed E-state index contributed by atoms with van der Waals surface area (Å²) in [5, 5.41) is 3.53. The molecular formula is C24H34BFN2O4. The number of ether oxygens (including phenoxy) is 1. The van der Waals surface area contributed by atoms with Crippen molar-refractivity contribution in [3.05, 3.63) is 35.3 Å². The Kier molecular flexibility index (Phi) is 6.35. The predicted octanol–water partition coefficient (Wildman–Crippen LogP) is 4.96. The first-order valence-corrected chi connectivity index (χ1v) is 11.1. The highest BCUT2D eigenvalue weighted by Crippen LogP contribution is 2.37. The Labute approximate surface area is 190 Å². The minimum absolute atomic E-state index is 0.254. The predicted molar refractivity (Wildman–Crippen MR) is 125 cm³/mol. The van der Waals surface area contributed by atoms with E-state index in [4.69, 9.17) is 14.0 Å². The molecule has 1 N–H and O–H groups in total. The average molecular weight is 444 g/mol. The van der Waals surface area contributed by atoms with Gasteiger partial charge in [-0.2, -0.15) is 0 Å². The van der Waals surface area contributed by atoms with E-state index in [9.17, 15) is 4.79 Å². The van der Waals surface area contributed by atoms with Gasteiger partial charge in [-0.15, -0.1) is 0 Å². The van der Waals surface area contributed by atoms with Crippen molar-refractivity contribution >= 4 is 29.6 Å². The number of pyridine rings is 1. The van der Waals surface area contributed by atoms with Crippen molar-refractivity contribution in [3.8, 4) is 0 Å². The van der Waals surface area contributed by atoms with Crippen LogP contribution in [-0.4, -0.2) is 35.0 Å². The summed E-state index contributed by atoms with van der Waals surface area (Å²) < 4.78 is 32.9. The summed E-state index contributed by atoms with van der Waals surface area (Å²) in [7, 11) is -0.702. The zero-order valence-corrected chi connectivity index (χ0v) is 20.6. The van der Waals surface area contributed by atoms with Gasteiger partial charge in [0, 0.05) is 11.1 Å². The number of aryl methyl sites for hydroxylation is 1. The standard InChI is InChI=1S/C24H34BFN2O4/c1-10-19(28-21(29)30-22(3,4)5)16-11-14(2)27-20-17(16)12-15(13-18(20)26)25-31-23(6,7)24(8,9)32-25/h11-13,19H,10H2,1-9H3,(H,28,29). The first-order chi connectivity index (χ1) is 14.6. The van der Waals surface area contributed by atoms with Crippen LogP contribution in [0.5, 0.6) is 0 Å². The molecule has 1 atom stereocenters. The van der Waals surface area contributed by atoms with Crippen molar-refractivity contribution in [2.24, 2.45) is 0 Å². The highest BCUT2D eigenvalue weighted by molar-refractivity contribution is 6.62. The van der Waals surface area contributed by atoms with Crippen LogP contribution in [0.2, 0.25) is 0 Å². The second-order valence-corrected chi connectivity index (χ2v) is 10.4. The number of alkyl carbamates (subject to hydrolysis) is 1. The van der Waals surface area contributed by atoms with E-state index in [-0.39, 0.29) is 11.6 Å². The number of nitrogens with zero attached hydrogens (tertiary/aromatic N) is 1. The molecule has 6 nitrogen and oxygen atoms in total. The highest BCUT2D eigenvalue weighted by atomic mass is 19.1. The fourth-order valence-corrected chi connectivity index (χ4v) is 3.72. The number of carbonyl (C=O) groups is 1. The second kappa shape index (κ2) is 8.30. The minimum Gasteiger partial charge on any atom is -0.444 e. The molecule has 0 aliphatic carbocycles. The van der Waals surface area contributed by atoms with Gasteiger partial charge in [0.2, 0.25) is 0 Å². The van der Waals surface area contributed by atoms with Crippen LogP contribution < -0.4 is 10.8 Å². The van der Waals surface area contributed by atoms with Crippen molar-refractivity contribution in [1.82, 2.24) is 10.3 Å². The summed E-state index contributed by atoms with van der Waals surface area (Å²) in [4.78, 5) is 16.9. The number of benzene rings is 1. The lowest BCUT2D eigenvalue weighted by atomic mass is 9.77. The quantitative estimate of drug-likeness (QED) is 0.676. The monoisotopic (exact) mass is 444 g/mol. The average Bonchev–Trinajstić information content (AvgIpc) is 2.85. The fourth-order valence-electron chi connectivity index (χ4n) is 3.72. The second-order valence-electron chi connectivity index (χ2n) is 10.4. The maximum absolute atomic E-state index is 15.2. The van der Waals surface area contributed by atoms with Crippen LogP contribution in [0, 0.1) is 12.7 Å². The molecule has 1 amide bonds. The van der Waals surface area contributed by atoms with Crippen LogP contribution in [0.1, 0.15) is 79.1 Å². The van der Waals surface area contributed by atoms with E-state index < -0.39 is 35.8 Å². The fraction of sp³-hybridized carbons (Fsp3) is 0.583. The Bertz CT molecular complexity index is 1020. The van der Waals surface area contributed by atoms with E-state index in [1.165, 1.54) is 6.07 Å². The lowest BCUT2D eigenvalue weighted by molar-refractivity contribution is 0.00578. The molecule has 174 valence electrons. The van der Waals surface area contributed by atoms with Crippen LogP contribution in [0.4, 0.5) is 9.18 Å². The van der Waals surface area contributed by atoms with E-state index in [2.05, 4.69) is 10.3 Å². The summed E-state index contributed by atoms with van der Waals surface area (Å²) in [5.74, 6) is -0.454. The van der Waals surface area contributed by atoms with Gasteiger partial charge in [-0.25, -0.2) is 9.18 Å². The molecule has 0 radical (unpaired) electrons. The molecule has 1 aliphatic heterocycles. The number of rotatable bonds is 4. The minimum atomic E-state index is -0.702. The van der Waals surface area contributed by atoms with Gasteiger partial charge in [0.25, 0.3) is 0 Å². The van der Waals surface area contributed by atoms with E-state index in [0.29, 0.717) is 23.0 Å². The molecule has 32 heavy (non-hydrogen) atoms. The molecule has 0 saturated carbocycles. The van der Waals surface area contributed by atoms with E-state index in [0.717, 1.165) is 5.56 Å². The van der Waals surface area contributed by atoms with Gasteiger partial charge in [0.1, 0.15) is 16.9 Å². The molecular weight excluding hydrogens is 410 g/mol. The van der Waals surface area contributed by atoms with Crippen molar-refractivity contribution < 1.29 is 23.2 Å². The van der Waals surface area contributed by atoms with Crippen LogP contribution in [0.25, 0.3) is 10.9 Å². The summed E-state index contributed by atoms with van der Waals surface area (Å²) in [6, 6.07) is 4.77. The third kappa shape index (κ3) is 4.91. The number of hydrogen-bond donors (Lipinski definition) is 1. The molecule has 1 fully saturated rings. The summed E-state index contributed by atoms with van der Waals surface area (Å²) in [5.41, 5.74) is 0.576. The smallest absolute Gasteiger partial charge is 0.444 e. The van der Waals surface area contributed by atoms with Gasteiger partial charge >= 0.3 is 13.2 Å². The van der Waals surface area contributed by atoms with Crippen molar-refractivity contribution in [1.29, 1.82) is 0 Å². The molecule has 1 aliphatic rings. The molecule has 1 saturated heterocycles. The molecule has 1 aromatic carbocycles. The highest BCUT2D eigenvalue weighted by Gasteiger charge is 2.51. The molecule has 3 rings (SSSR count). The number of nitrogens with one attached hydrogen (secondary N) is 1. The maximum Gasteiger partial charge on any atom is 0.494 e. The largest absolute Gasteiger partial charge is 0.494 e. The van der Waals surface area contributed by atoms with E-state index in [1.807, 2.05) is 74.4 Å². The Balaban J connectivity index is 2.06. The van der Waals surface area contributed by atoms with Gasteiger partial charge in [0.15, 0.2) is 0 Å². The third-order valence-corrected chi connectivity index (χ3v) is 6.05. The zero-order chi connectivity index (χ0) is 24.1. The molecule has 1 unspecified atom stereocenters. The Morgan fingerprint density at radius 1 is 1.19 bits per heavy atom. The van der Waals surface area contributed by atoms with Gasteiger partial charge in [-0.1, -0.05) is 13.0 Å². The van der Waals surface area contributed by atoms with Crippen LogP contribution in [0.15, 0.2) is 18.2 Å². The number of amides is 1. The van der Waals surface area contributed by atoms with Crippen molar-refractivity contribution in [2.45, 2.75) is 91.6 Å². The van der Waals surface area contributed by atoms with Crippen molar-refractivity contribution in [3.63, 3.8) is 0 Å². The molecule has 1 aromatic heterocycles. The Morgan fingerprint density at radius 3 is 2.31 bits per heavy atom. The topological polar surface area (TPSA) is 69.7 Å².